The molecular formula is C14H13FN2O. The van der Waals surface area contributed by atoms with E-state index in [1.165, 1.54) is 12.3 Å². The first-order valence-corrected chi connectivity index (χ1v) is 5.58. The molecule has 0 saturated heterocycles. The number of hydrogen-bond donors (Lipinski definition) is 0. The van der Waals surface area contributed by atoms with Gasteiger partial charge in [-0.15, -0.1) is 0 Å². The Balaban J connectivity index is 2.11. The third-order valence-corrected chi connectivity index (χ3v) is 2.64. The summed E-state index contributed by atoms with van der Waals surface area (Å²) >= 11 is 0. The second-order valence-corrected chi connectivity index (χ2v) is 3.96. The molecular weight excluding hydrogens is 231 g/mol. The van der Waals surface area contributed by atoms with Crippen molar-refractivity contribution in [3.8, 4) is 0 Å². The first-order valence-electron chi connectivity index (χ1n) is 5.58. The summed E-state index contributed by atoms with van der Waals surface area (Å²) in [6, 6.07) is 12.5. The maximum Gasteiger partial charge on any atom is 0.223 e. The highest BCUT2D eigenvalue weighted by molar-refractivity contribution is 5.99. The van der Waals surface area contributed by atoms with Crippen LogP contribution in [0.3, 0.4) is 0 Å². The number of anilines is 1. The third kappa shape index (κ3) is 2.71. The molecule has 0 bridgehead atoms. The van der Waals surface area contributed by atoms with Crippen molar-refractivity contribution >= 4 is 11.5 Å². The minimum Gasteiger partial charge on any atom is -0.367 e. The van der Waals surface area contributed by atoms with Gasteiger partial charge in [0.15, 0.2) is 5.78 Å². The average Bonchev–Trinajstić information content (AvgIpc) is 2.40. The van der Waals surface area contributed by atoms with Crippen molar-refractivity contribution in [3.63, 3.8) is 0 Å². The summed E-state index contributed by atoms with van der Waals surface area (Å²) in [4.78, 5) is 17.2. The highest BCUT2D eigenvalue weighted by atomic mass is 19.1. The molecule has 0 aliphatic carbocycles. The number of Topliss-reactive ketones (excluding diaryl/α,β-unsaturated/α-hetero) is 1. The molecule has 1 aromatic carbocycles. The Bertz CT molecular complexity index is 543. The Morgan fingerprint density at radius 3 is 2.61 bits per heavy atom. The molecule has 0 atom stereocenters. The van der Waals surface area contributed by atoms with Crippen LogP contribution in [-0.4, -0.2) is 24.4 Å². The van der Waals surface area contributed by atoms with Crippen molar-refractivity contribution < 1.29 is 9.18 Å². The molecule has 18 heavy (non-hydrogen) atoms. The molecule has 0 unspecified atom stereocenters. The van der Waals surface area contributed by atoms with E-state index in [9.17, 15) is 9.18 Å². The average molecular weight is 244 g/mol. The van der Waals surface area contributed by atoms with Gasteiger partial charge >= 0.3 is 0 Å². The zero-order chi connectivity index (χ0) is 13.0. The van der Waals surface area contributed by atoms with Gasteiger partial charge in [0, 0.05) is 18.9 Å². The van der Waals surface area contributed by atoms with Crippen molar-refractivity contribution in [2.24, 2.45) is 0 Å². The molecule has 0 aliphatic rings. The second-order valence-electron chi connectivity index (χ2n) is 3.96. The SMILES string of the molecule is CN(CC(=O)c1cccnc1F)c1ccccc1. The summed E-state index contributed by atoms with van der Waals surface area (Å²) in [6.07, 6.45) is 1.33. The van der Waals surface area contributed by atoms with Crippen molar-refractivity contribution in [1.82, 2.24) is 4.98 Å². The van der Waals surface area contributed by atoms with E-state index in [1.54, 1.807) is 18.0 Å². The Hall–Kier alpha value is -2.23. The number of para-hydroxylation sites is 1. The van der Waals surface area contributed by atoms with Gasteiger partial charge in [-0.25, -0.2) is 4.98 Å². The van der Waals surface area contributed by atoms with Gasteiger partial charge in [-0.3, -0.25) is 4.79 Å². The van der Waals surface area contributed by atoms with Crippen LogP contribution in [0.15, 0.2) is 48.7 Å². The Kier molecular flexibility index (Phi) is 3.67. The molecule has 0 aliphatic heterocycles. The number of halogens is 1. The van der Waals surface area contributed by atoms with E-state index in [0.717, 1.165) is 5.69 Å². The summed E-state index contributed by atoms with van der Waals surface area (Å²) in [5, 5.41) is 0. The lowest BCUT2D eigenvalue weighted by Gasteiger charge is -2.18. The van der Waals surface area contributed by atoms with E-state index in [-0.39, 0.29) is 17.9 Å². The first kappa shape index (κ1) is 12.2. The van der Waals surface area contributed by atoms with Gasteiger partial charge < -0.3 is 4.90 Å². The van der Waals surface area contributed by atoms with Gasteiger partial charge in [0.1, 0.15) is 0 Å². The summed E-state index contributed by atoms with van der Waals surface area (Å²) < 4.78 is 13.3. The quantitative estimate of drug-likeness (QED) is 0.612. The standard InChI is InChI=1S/C14H13FN2O/c1-17(11-6-3-2-4-7-11)10-13(18)12-8-5-9-16-14(12)15/h2-9H,10H2,1H3. The fourth-order valence-corrected chi connectivity index (χ4v) is 1.67. The van der Waals surface area contributed by atoms with Crippen molar-refractivity contribution in [2.45, 2.75) is 0 Å². The fraction of sp³-hybridized carbons (Fsp3) is 0.143. The van der Waals surface area contributed by atoms with Crippen LogP contribution in [0.2, 0.25) is 0 Å². The molecule has 0 fully saturated rings. The number of carbonyl (C=O) groups excluding carboxylic acids is 1. The molecule has 1 heterocycles. The molecule has 0 saturated carbocycles. The largest absolute Gasteiger partial charge is 0.367 e. The van der Waals surface area contributed by atoms with E-state index < -0.39 is 5.95 Å². The zero-order valence-corrected chi connectivity index (χ0v) is 10.0. The molecule has 0 spiro atoms. The lowest BCUT2D eigenvalue weighted by atomic mass is 10.1. The lowest BCUT2D eigenvalue weighted by Crippen LogP contribution is -2.26. The molecule has 1 aromatic heterocycles. The molecule has 0 radical (unpaired) electrons. The third-order valence-electron chi connectivity index (χ3n) is 2.64. The van der Waals surface area contributed by atoms with Crippen LogP contribution in [-0.2, 0) is 0 Å². The van der Waals surface area contributed by atoms with Gasteiger partial charge in [0.05, 0.1) is 12.1 Å². The van der Waals surface area contributed by atoms with Gasteiger partial charge in [-0.05, 0) is 24.3 Å². The molecule has 2 rings (SSSR count). The normalized spacial score (nSPS) is 10.1. The summed E-state index contributed by atoms with van der Waals surface area (Å²) in [5.74, 6) is -1.00. The summed E-state index contributed by atoms with van der Waals surface area (Å²) in [5.41, 5.74) is 0.940. The number of pyridine rings is 1. The number of aromatic nitrogens is 1. The van der Waals surface area contributed by atoms with E-state index in [0.29, 0.717) is 0 Å². The summed E-state index contributed by atoms with van der Waals surface area (Å²) in [6.45, 7) is 0.118. The van der Waals surface area contributed by atoms with E-state index in [2.05, 4.69) is 4.98 Å². The van der Waals surface area contributed by atoms with Crippen molar-refractivity contribution in [2.75, 3.05) is 18.5 Å². The predicted molar refractivity (Wildman–Crippen MR) is 68.2 cm³/mol. The van der Waals surface area contributed by atoms with Crippen molar-refractivity contribution in [1.29, 1.82) is 0 Å². The van der Waals surface area contributed by atoms with Gasteiger partial charge in [-0.2, -0.15) is 4.39 Å². The number of hydrogen-bond acceptors (Lipinski definition) is 3. The van der Waals surface area contributed by atoms with Crippen LogP contribution >= 0.6 is 0 Å². The highest BCUT2D eigenvalue weighted by Gasteiger charge is 2.14. The number of nitrogens with zero attached hydrogens (tertiary/aromatic N) is 2. The van der Waals surface area contributed by atoms with Crippen molar-refractivity contribution in [3.05, 3.63) is 60.2 Å². The van der Waals surface area contributed by atoms with Crippen LogP contribution in [0.4, 0.5) is 10.1 Å². The minimum absolute atomic E-state index is 0.0280. The lowest BCUT2D eigenvalue weighted by molar-refractivity contribution is 0.0995. The smallest absolute Gasteiger partial charge is 0.223 e. The van der Waals surface area contributed by atoms with E-state index in [1.807, 2.05) is 30.3 Å². The Morgan fingerprint density at radius 2 is 1.94 bits per heavy atom. The van der Waals surface area contributed by atoms with E-state index in [4.69, 9.17) is 0 Å². The molecule has 2 aromatic rings. The molecule has 3 nitrogen and oxygen atoms in total. The highest BCUT2D eigenvalue weighted by Crippen LogP contribution is 2.12. The van der Waals surface area contributed by atoms with Crippen LogP contribution in [0.25, 0.3) is 0 Å². The minimum atomic E-state index is -0.719. The number of benzene rings is 1. The Labute approximate surface area is 105 Å². The van der Waals surface area contributed by atoms with Gasteiger partial charge in [0.2, 0.25) is 5.95 Å². The second kappa shape index (κ2) is 5.40. The van der Waals surface area contributed by atoms with Crippen LogP contribution in [0, 0.1) is 5.95 Å². The molecule has 92 valence electrons. The monoisotopic (exact) mass is 244 g/mol. The van der Waals surface area contributed by atoms with E-state index >= 15 is 0 Å². The first-order chi connectivity index (χ1) is 8.68. The van der Waals surface area contributed by atoms with Gasteiger partial charge in [0.25, 0.3) is 0 Å². The van der Waals surface area contributed by atoms with Crippen LogP contribution in [0.1, 0.15) is 10.4 Å². The molecule has 4 heteroatoms. The number of ketones is 1. The maximum atomic E-state index is 13.3. The number of likely N-dealkylation sites (N-methyl/N-ethyl adjacent to an activating group) is 1. The number of rotatable bonds is 4. The summed E-state index contributed by atoms with van der Waals surface area (Å²) in [7, 11) is 1.79. The Morgan fingerprint density at radius 1 is 1.22 bits per heavy atom. The maximum absolute atomic E-state index is 13.3. The predicted octanol–water partition coefficient (Wildman–Crippen LogP) is 2.54. The van der Waals surface area contributed by atoms with Gasteiger partial charge in [-0.1, -0.05) is 18.2 Å². The zero-order valence-electron chi connectivity index (χ0n) is 10.0. The molecule has 0 amide bonds. The molecule has 0 N–H and O–H groups in total. The topological polar surface area (TPSA) is 33.2 Å². The van der Waals surface area contributed by atoms with Crippen LogP contribution < -0.4 is 4.90 Å². The van der Waals surface area contributed by atoms with Crippen LogP contribution in [0.5, 0.6) is 0 Å². The number of carbonyl (C=O) groups is 1. The fourth-order valence-electron chi connectivity index (χ4n) is 1.67.